The number of hydrogen-bond acceptors (Lipinski definition) is 4. The largest absolute Gasteiger partial charge is 0.441 e. The number of hydrogen-bond donors (Lipinski definition) is 1. The molecule has 2 atom stereocenters. The van der Waals surface area contributed by atoms with E-state index >= 15 is 0 Å². The molecule has 2 unspecified atom stereocenters. The number of Topliss-reactive ketones (excluding diaryl/α,β-unsaturated/α-hetero) is 1. The number of likely N-dealkylation sites (tertiary alicyclic amines) is 1. The summed E-state index contributed by atoms with van der Waals surface area (Å²) < 4.78 is 18.7. The van der Waals surface area contributed by atoms with Crippen molar-refractivity contribution in [2.75, 3.05) is 26.7 Å². The van der Waals surface area contributed by atoms with Gasteiger partial charge in [0.1, 0.15) is 11.9 Å². The van der Waals surface area contributed by atoms with Gasteiger partial charge in [0.25, 0.3) is 0 Å². The van der Waals surface area contributed by atoms with Crippen molar-refractivity contribution in [1.29, 1.82) is 0 Å². The van der Waals surface area contributed by atoms with Gasteiger partial charge < -0.3 is 15.0 Å². The van der Waals surface area contributed by atoms with Crippen molar-refractivity contribution in [3.8, 4) is 0 Å². The molecule has 30 heavy (non-hydrogen) atoms. The Morgan fingerprint density at radius 3 is 2.73 bits per heavy atom. The second-order valence-corrected chi connectivity index (χ2v) is 8.28. The molecular formula is C24H27FN2O3. The highest BCUT2D eigenvalue weighted by Gasteiger charge is 2.48. The van der Waals surface area contributed by atoms with Crippen LogP contribution in [0.4, 0.5) is 9.18 Å². The fourth-order valence-electron chi connectivity index (χ4n) is 4.91. The van der Waals surface area contributed by atoms with Crippen LogP contribution in [0.1, 0.15) is 53.3 Å². The second kappa shape index (κ2) is 8.56. The molecule has 1 heterocycles. The zero-order chi connectivity index (χ0) is 21.1. The monoisotopic (exact) mass is 410 g/mol. The van der Waals surface area contributed by atoms with Crippen LogP contribution in [0.2, 0.25) is 0 Å². The van der Waals surface area contributed by atoms with E-state index in [1.54, 1.807) is 19.2 Å². The number of amides is 1. The Kier molecular flexibility index (Phi) is 5.86. The second-order valence-electron chi connectivity index (χ2n) is 8.28. The highest BCUT2D eigenvalue weighted by Crippen LogP contribution is 2.51. The van der Waals surface area contributed by atoms with E-state index in [2.05, 4.69) is 22.3 Å². The minimum atomic E-state index is -0.402. The SMILES string of the molecule is CNC(=O)OC1CC2(CCN(CCCC(=O)c3ccc(F)cc3)C2)c2ccccc21. The Morgan fingerprint density at radius 2 is 1.97 bits per heavy atom. The molecule has 1 aliphatic heterocycles. The molecule has 0 bridgehead atoms. The molecule has 158 valence electrons. The van der Waals surface area contributed by atoms with Gasteiger partial charge in [-0.15, -0.1) is 0 Å². The van der Waals surface area contributed by atoms with Crippen molar-refractivity contribution >= 4 is 11.9 Å². The van der Waals surface area contributed by atoms with Crippen LogP contribution < -0.4 is 5.32 Å². The fourth-order valence-corrected chi connectivity index (χ4v) is 4.91. The molecule has 1 amide bonds. The zero-order valence-corrected chi connectivity index (χ0v) is 17.2. The molecule has 1 saturated heterocycles. The number of ketones is 1. The fraction of sp³-hybridized carbons (Fsp3) is 0.417. The third-order valence-corrected chi connectivity index (χ3v) is 6.39. The molecule has 5 nitrogen and oxygen atoms in total. The third kappa shape index (κ3) is 4.10. The predicted octanol–water partition coefficient (Wildman–Crippen LogP) is 4.23. The van der Waals surface area contributed by atoms with E-state index in [-0.39, 0.29) is 23.1 Å². The standard InChI is InChI=1S/C24H27FN2O3/c1-26-23(29)30-22-15-24(20-6-3-2-5-19(20)22)12-14-27(16-24)13-4-7-21(28)17-8-10-18(25)11-9-17/h2-3,5-6,8-11,22H,4,7,12-16H2,1H3,(H,26,29). The molecule has 6 heteroatoms. The van der Waals surface area contributed by atoms with Crippen LogP contribution in [0, 0.1) is 5.82 Å². The molecule has 1 N–H and O–H groups in total. The molecule has 2 aromatic carbocycles. The first-order chi connectivity index (χ1) is 14.5. The van der Waals surface area contributed by atoms with E-state index in [1.807, 2.05) is 12.1 Å². The Labute approximate surface area is 176 Å². The van der Waals surface area contributed by atoms with Crippen LogP contribution in [-0.4, -0.2) is 43.5 Å². The summed E-state index contributed by atoms with van der Waals surface area (Å²) in [6.07, 6.45) is 2.41. The minimum Gasteiger partial charge on any atom is -0.441 e. The lowest BCUT2D eigenvalue weighted by molar-refractivity contribution is 0.0900. The molecular weight excluding hydrogens is 383 g/mol. The quantitative estimate of drug-likeness (QED) is 0.724. The molecule has 0 aromatic heterocycles. The Hall–Kier alpha value is -2.73. The summed E-state index contributed by atoms with van der Waals surface area (Å²) >= 11 is 0. The molecule has 2 aliphatic rings. The first-order valence-electron chi connectivity index (χ1n) is 10.5. The minimum absolute atomic E-state index is 0.00372. The van der Waals surface area contributed by atoms with Gasteiger partial charge in [-0.05, 0) is 67.7 Å². The van der Waals surface area contributed by atoms with Crippen LogP contribution in [0.3, 0.4) is 0 Å². The molecule has 1 aliphatic carbocycles. The number of fused-ring (bicyclic) bond motifs is 2. The number of alkyl carbamates (subject to hydrolysis) is 1. The number of benzene rings is 2. The highest BCUT2D eigenvalue weighted by atomic mass is 19.1. The van der Waals surface area contributed by atoms with Gasteiger partial charge in [0.15, 0.2) is 5.78 Å². The lowest BCUT2D eigenvalue weighted by Crippen LogP contribution is -2.30. The molecule has 1 fully saturated rings. The van der Waals surface area contributed by atoms with E-state index in [0.717, 1.165) is 44.5 Å². The smallest absolute Gasteiger partial charge is 0.407 e. The number of nitrogens with zero attached hydrogens (tertiary/aromatic N) is 1. The predicted molar refractivity (Wildman–Crippen MR) is 112 cm³/mol. The van der Waals surface area contributed by atoms with Crippen molar-refractivity contribution < 1.29 is 18.7 Å². The van der Waals surface area contributed by atoms with Gasteiger partial charge in [-0.3, -0.25) is 4.79 Å². The van der Waals surface area contributed by atoms with E-state index in [9.17, 15) is 14.0 Å². The highest BCUT2D eigenvalue weighted by molar-refractivity contribution is 5.95. The van der Waals surface area contributed by atoms with Gasteiger partial charge in [-0.2, -0.15) is 0 Å². The Bertz CT molecular complexity index is 930. The number of halogens is 1. The van der Waals surface area contributed by atoms with Gasteiger partial charge >= 0.3 is 6.09 Å². The van der Waals surface area contributed by atoms with Crippen LogP contribution >= 0.6 is 0 Å². The molecule has 2 aromatic rings. The topological polar surface area (TPSA) is 58.6 Å². The summed E-state index contributed by atoms with van der Waals surface area (Å²) in [6.45, 7) is 2.71. The third-order valence-electron chi connectivity index (χ3n) is 6.39. The van der Waals surface area contributed by atoms with E-state index in [0.29, 0.717) is 12.0 Å². The van der Waals surface area contributed by atoms with Crippen LogP contribution in [-0.2, 0) is 10.2 Å². The molecule has 0 radical (unpaired) electrons. The van der Waals surface area contributed by atoms with Crippen molar-refractivity contribution in [3.63, 3.8) is 0 Å². The van der Waals surface area contributed by atoms with E-state index in [1.165, 1.54) is 17.7 Å². The van der Waals surface area contributed by atoms with Crippen molar-refractivity contribution in [2.45, 2.75) is 37.2 Å². The lowest BCUT2D eigenvalue weighted by Gasteiger charge is -2.26. The summed E-state index contributed by atoms with van der Waals surface area (Å²) in [5, 5.41) is 2.54. The molecule has 1 spiro atoms. The van der Waals surface area contributed by atoms with Gasteiger partial charge in [-0.25, -0.2) is 9.18 Å². The summed E-state index contributed by atoms with van der Waals surface area (Å²) in [7, 11) is 1.57. The summed E-state index contributed by atoms with van der Waals surface area (Å²) in [5.74, 6) is -0.279. The maximum Gasteiger partial charge on any atom is 0.407 e. The van der Waals surface area contributed by atoms with Crippen LogP contribution in [0.25, 0.3) is 0 Å². The number of carbonyl (C=O) groups is 2. The maximum absolute atomic E-state index is 13.0. The average Bonchev–Trinajstić information content (AvgIpc) is 3.30. The van der Waals surface area contributed by atoms with Gasteiger partial charge in [0, 0.05) is 31.0 Å². The normalized spacial score (nSPS) is 22.8. The Balaban J connectivity index is 1.36. The first-order valence-corrected chi connectivity index (χ1v) is 10.5. The lowest BCUT2D eigenvalue weighted by atomic mass is 9.81. The number of ether oxygens (including phenoxy) is 1. The number of nitrogens with one attached hydrogen (secondary N) is 1. The first kappa shape index (κ1) is 20.5. The van der Waals surface area contributed by atoms with Gasteiger partial charge in [0.05, 0.1) is 0 Å². The van der Waals surface area contributed by atoms with Crippen molar-refractivity contribution in [2.24, 2.45) is 0 Å². The van der Waals surface area contributed by atoms with Crippen molar-refractivity contribution in [3.05, 3.63) is 71.0 Å². The molecule has 0 saturated carbocycles. The molecule has 4 rings (SSSR count). The van der Waals surface area contributed by atoms with Crippen LogP contribution in [0.15, 0.2) is 48.5 Å². The Morgan fingerprint density at radius 1 is 1.20 bits per heavy atom. The summed E-state index contributed by atoms with van der Waals surface area (Å²) in [5.41, 5.74) is 2.95. The zero-order valence-electron chi connectivity index (χ0n) is 17.2. The number of carbonyl (C=O) groups excluding carboxylic acids is 2. The van der Waals surface area contributed by atoms with Gasteiger partial charge in [0.2, 0.25) is 0 Å². The van der Waals surface area contributed by atoms with E-state index in [4.69, 9.17) is 4.74 Å². The summed E-state index contributed by atoms with van der Waals surface area (Å²) in [4.78, 5) is 26.5. The van der Waals surface area contributed by atoms with Crippen LogP contribution in [0.5, 0.6) is 0 Å². The average molecular weight is 410 g/mol. The van der Waals surface area contributed by atoms with Crippen molar-refractivity contribution in [1.82, 2.24) is 10.2 Å². The maximum atomic E-state index is 13.0. The van der Waals surface area contributed by atoms with E-state index < -0.39 is 6.09 Å². The van der Waals surface area contributed by atoms with Gasteiger partial charge in [-0.1, -0.05) is 24.3 Å². The summed E-state index contributed by atoms with van der Waals surface area (Å²) in [6, 6.07) is 14.0. The number of rotatable bonds is 6.